The molecule has 2 unspecified atom stereocenters. The lowest BCUT2D eigenvalue weighted by atomic mass is 10.1. The highest BCUT2D eigenvalue weighted by Crippen LogP contribution is 2.43. The van der Waals surface area contributed by atoms with Crippen LogP contribution in [0.15, 0.2) is 6.07 Å². The van der Waals surface area contributed by atoms with Crippen molar-refractivity contribution in [3.63, 3.8) is 0 Å². The maximum absolute atomic E-state index is 11.7. The molecular weight excluding hydrogens is 227 g/mol. The van der Waals surface area contributed by atoms with Gasteiger partial charge >= 0.3 is 0 Å². The molecule has 0 spiro atoms. The third kappa shape index (κ3) is 1.76. The Hall–Kier alpha value is -0.0500. The van der Waals surface area contributed by atoms with E-state index in [4.69, 9.17) is 23.2 Å². The Labute approximate surface area is 90.7 Å². The number of halogens is 2. The Morgan fingerprint density at radius 1 is 1.62 bits per heavy atom. The summed E-state index contributed by atoms with van der Waals surface area (Å²) in [4.78, 5) is 11.7. The molecule has 1 aliphatic rings. The molecule has 0 N–H and O–H groups in total. The summed E-state index contributed by atoms with van der Waals surface area (Å²) in [5.74, 6) is 0.853. The minimum atomic E-state index is 0.153. The van der Waals surface area contributed by atoms with E-state index >= 15 is 0 Å². The maximum atomic E-state index is 11.7. The zero-order valence-corrected chi connectivity index (χ0v) is 9.34. The van der Waals surface area contributed by atoms with Crippen LogP contribution in [0.25, 0.3) is 0 Å². The summed E-state index contributed by atoms with van der Waals surface area (Å²) < 4.78 is 1.11. The van der Waals surface area contributed by atoms with Crippen LogP contribution in [-0.2, 0) is 0 Å². The van der Waals surface area contributed by atoms with Crippen molar-refractivity contribution in [2.45, 2.75) is 13.3 Å². The van der Waals surface area contributed by atoms with Gasteiger partial charge in [-0.1, -0.05) is 30.1 Å². The van der Waals surface area contributed by atoms with Crippen LogP contribution in [0, 0.1) is 11.8 Å². The van der Waals surface area contributed by atoms with E-state index in [1.807, 2.05) is 0 Å². The lowest BCUT2D eigenvalue weighted by Gasteiger charge is -1.94. The molecule has 2 rings (SSSR count). The number of rotatable bonds is 2. The maximum Gasteiger partial charge on any atom is 0.168 e. The molecule has 1 aliphatic carbocycles. The molecule has 0 amide bonds. The highest BCUT2D eigenvalue weighted by molar-refractivity contribution is 7.20. The SMILES string of the molecule is CC1CC1C(=O)c1cc(Cl)sc1Cl. The Balaban J connectivity index is 2.25. The third-order valence-corrected chi connectivity index (χ3v) is 3.86. The molecule has 0 aromatic carbocycles. The molecular formula is C9H8Cl2OS. The predicted octanol–water partition coefficient (Wildman–Crippen LogP) is 3.89. The number of carbonyl (C=O) groups excluding carboxylic acids is 1. The molecule has 0 aliphatic heterocycles. The van der Waals surface area contributed by atoms with Crippen LogP contribution >= 0.6 is 34.5 Å². The fraction of sp³-hybridized carbons (Fsp3) is 0.444. The summed E-state index contributed by atoms with van der Waals surface area (Å²) in [6, 6.07) is 1.67. The van der Waals surface area contributed by atoms with E-state index in [1.54, 1.807) is 6.07 Å². The first-order valence-corrected chi connectivity index (χ1v) is 5.66. The van der Waals surface area contributed by atoms with E-state index in [9.17, 15) is 4.79 Å². The van der Waals surface area contributed by atoms with Crippen LogP contribution in [0.3, 0.4) is 0 Å². The quantitative estimate of drug-likeness (QED) is 0.710. The second-order valence-corrected chi connectivity index (χ2v) is 5.71. The molecule has 1 fully saturated rings. The number of thiophene rings is 1. The second-order valence-electron chi connectivity index (χ2n) is 3.42. The number of carbonyl (C=O) groups is 1. The van der Waals surface area contributed by atoms with E-state index in [0.29, 0.717) is 20.2 Å². The van der Waals surface area contributed by atoms with Crippen LogP contribution in [0.1, 0.15) is 23.7 Å². The first-order chi connectivity index (χ1) is 6.09. The first kappa shape index (κ1) is 9.50. The van der Waals surface area contributed by atoms with Gasteiger partial charge in [0.2, 0.25) is 0 Å². The van der Waals surface area contributed by atoms with Gasteiger partial charge in [-0.25, -0.2) is 0 Å². The topological polar surface area (TPSA) is 17.1 Å². The Morgan fingerprint density at radius 2 is 2.23 bits per heavy atom. The van der Waals surface area contributed by atoms with Crippen molar-refractivity contribution in [1.82, 2.24) is 0 Å². The smallest absolute Gasteiger partial charge is 0.168 e. The minimum Gasteiger partial charge on any atom is -0.294 e. The molecule has 13 heavy (non-hydrogen) atoms. The molecule has 1 heterocycles. The molecule has 2 atom stereocenters. The van der Waals surface area contributed by atoms with E-state index in [0.717, 1.165) is 6.42 Å². The van der Waals surface area contributed by atoms with Gasteiger partial charge in [-0.15, -0.1) is 11.3 Å². The molecule has 4 heteroatoms. The third-order valence-electron chi connectivity index (χ3n) is 2.37. The summed E-state index contributed by atoms with van der Waals surface area (Å²) in [6.45, 7) is 2.07. The van der Waals surface area contributed by atoms with Gasteiger partial charge < -0.3 is 0 Å². The van der Waals surface area contributed by atoms with Crippen LogP contribution in [0.4, 0.5) is 0 Å². The predicted molar refractivity (Wildman–Crippen MR) is 55.9 cm³/mol. The van der Waals surface area contributed by atoms with Crippen molar-refractivity contribution in [3.05, 3.63) is 20.3 Å². The van der Waals surface area contributed by atoms with Crippen molar-refractivity contribution < 1.29 is 4.79 Å². The van der Waals surface area contributed by atoms with Gasteiger partial charge in [0, 0.05) is 11.5 Å². The Kier molecular flexibility index (Phi) is 2.39. The minimum absolute atomic E-state index is 0.153. The highest BCUT2D eigenvalue weighted by atomic mass is 35.5. The summed E-state index contributed by atoms with van der Waals surface area (Å²) in [5, 5.41) is 0. The molecule has 0 bridgehead atoms. The van der Waals surface area contributed by atoms with E-state index in [-0.39, 0.29) is 11.7 Å². The zero-order valence-electron chi connectivity index (χ0n) is 7.01. The fourth-order valence-electron chi connectivity index (χ4n) is 1.40. The number of hydrogen-bond acceptors (Lipinski definition) is 2. The van der Waals surface area contributed by atoms with E-state index in [1.165, 1.54) is 11.3 Å². The Morgan fingerprint density at radius 3 is 2.62 bits per heavy atom. The van der Waals surface area contributed by atoms with Crippen LogP contribution in [0.5, 0.6) is 0 Å². The zero-order chi connectivity index (χ0) is 9.59. The van der Waals surface area contributed by atoms with Crippen molar-refractivity contribution in [1.29, 1.82) is 0 Å². The molecule has 1 aromatic heterocycles. The van der Waals surface area contributed by atoms with Gasteiger partial charge in [0.25, 0.3) is 0 Å². The number of Topliss-reactive ketones (excluding diaryl/α,β-unsaturated/α-hetero) is 1. The van der Waals surface area contributed by atoms with Gasteiger partial charge in [0.05, 0.1) is 4.34 Å². The average molecular weight is 235 g/mol. The lowest BCUT2D eigenvalue weighted by Crippen LogP contribution is -2.01. The molecule has 1 aromatic rings. The van der Waals surface area contributed by atoms with E-state index in [2.05, 4.69) is 6.92 Å². The summed E-state index contributed by atoms with van der Waals surface area (Å²) >= 11 is 12.9. The molecule has 1 nitrogen and oxygen atoms in total. The highest BCUT2D eigenvalue weighted by Gasteiger charge is 2.40. The van der Waals surface area contributed by atoms with Gasteiger partial charge in [0.15, 0.2) is 5.78 Å². The van der Waals surface area contributed by atoms with Gasteiger partial charge in [-0.2, -0.15) is 0 Å². The first-order valence-electron chi connectivity index (χ1n) is 4.08. The molecule has 1 saturated carbocycles. The van der Waals surface area contributed by atoms with Crippen LogP contribution in [0.2, 0.25) is 8.67 Å². The standard InChI is InChI=1S/C9H8Cl2OS/c1-4-2-5(4)8(12)6-3-7(10)13-9(6)11/h3-5H,2H2,1H3. The average Bonchev–Trinajstić information content (AvgIpc) is 2.67. The van der Waals surface area contributed by atoms with E-state index < -0.39 is 0 Å². The van der Waals surface area contributed by atoms with Crippen LogP contribution < -0.4 is 0 Å². The van der Waals surface area contributed by atoms with Gasteiger partial charge in [-0.3, -0.25) is 4.79 Å². The normalized spacial score (nSPS) is 26.1. The lowest BCUT2D eigenvalue weighted by molar-refractivity contribution is 0.0963. The number of ketones is 1. The van der Waals surface area contributed by atoms with Crippen molar-refractivity contribution >= 4 is 40.3 Å². The van der Waals surface area contributed by atoms with Crippen LogP contribution in [-0.4, -0.2) is 5.78 Å². The largest absolute Gasteiger partial charge is 0.294 e. The van der Waals surface area contributed by atoms with Crippen molar-refractivity contribution in [3.8, 4) is 0 Å². The van der Waals surface area contributed by atoms with Gasteiger partial charge in [-0.05, 0) is 18.4 Å². The fourth-order valence-corrected chi connectivity index (χ4v) is 2.87. The van der Waals surface area contributed by atoms with Gasteiger partial charge in [0.1, 0.15) is 4.34 Å². The summed E-state index contributed by atoms with van der Waals surface area (Å²) in [7, 11) is 0. The summed E-state index contributed by atoms with van der Waals surface area (Å²) in [6.07, 6.45) is 0.989. The van der Waals surface area contributed by atoms with Crippen molar-refractivity contribution in [2.24, 2.45) is 11.8 Å². The second kappa shape index (κ2) is 3.26. The molecule has 0 saturated heterocycles. The summed E-state index contributed by atoms with van der Waals surface area (Å²) in [5.41, 5.74) is 0.603. The Bertz CT molecular complexity index is 358. The van der Waals surface area contributed by atoms with Crippen molar-refractivity contribution in [2.75, 3.05) is 0 Å². The monoisotopic (exact) mass is 234 g/mol. The molecule has 0 radical (unpaired) electrons. The number of hydrogen-bond donors (Lipinski definition) is 0. The molecule has 70 valence electrons.